The maximum atomic E-state index is 12.7. The molecular weight excluding hydrogens is 276 g/mol. The van der Waals surface area contributed by atoms with E-state index in [-0.39, 0.29) is 5.75 Å². The van der Waals surface area contributed by atoms with Gasteiger partial charge in [0.05, 0.1) is 24.5 Å². The molecule has 0 atom stereocenters. The number of rotatable bonds is 4. The Kier molecular flexibility index (Phi) is 4.49. The SMILES string of the molecule is CC1(C)COCCN1S(=O)(=O)Cc1ccccc1CN. The van der Waals surface area contributed by atoms with Crippen LogP contribution >= 0.6 is 0 Å². The summed E-state index contributed by atoms with van der Waals surface area (Å²) in [7, 11) is -3.38. The topological polar surface area (TPSA) is 72.6 Å². The first-order valence-electron chi connectivity index (χ1n) is 6.72. The zero-order valence-corrected chi connectivity index (χ0v) is 12.8. The second kappa shape index (κ2) is 5.81. The highest BCUT2D eigenvalue weighted by Gasteiger charge is 2.38. The molecule has 0 spiro atoms. The van der Waals surface area contributed by atoms with E-state index < -0.39 is 15.6 Å². The van der Waals surface area contributed by atoms with Crippen LogP contribution in [0.5, 0.6) is 0 Å². The van der Waals surface area contributed by atoms with Gasteiger partial charge >= 0.3 is 0 Å². The largest absolute Gasteiger partial charge is 0.378 e. The predicted octanol–water partition coefficient (Wildman–Crippen LogP) is 1.09. The van der Waals surface area contributed by atoms with E-state index >= 15 is 0 Å². The fourth-order valence-corrected chi connectivity index (χ4v) is 4.52. The maximum Gasteiger partial charge on any atom is 0.218 e. The molecule has 2 N–H and O–H groups in total. The summed E-state index contributed by atoms with van der Waals surface area (Å²) in [5.74, 6) is -0.0101. The summed E-state index contributed by atoms with van der Waals surface area (Å²) < 4.78 is 32.3. The number of sulfonamides is 1. The van der Waals surface area contributed by atoms with Gasteiger partial charge in [-0.05, 0) is 25.0 Å². The van der Waals surface area contributed by atoms with Gasteiger partial charge < -0.3 is 10.5 Å². The van der Waals surface area contributed by atoms with E-state index in [4.69, 9.17) is 10.5 Å². The third kappa shape index (κ3) is 3.20. The summed E-state index contributed by atoms with van der Waals surface area (Å²) in [5, 5.41) is 0. The average Bonchev–Trinajstić information content (AvgIpc) is 2.38. The quantitative estimate of drug-likeness (QED) is 0.903. The Labute approximate surface area is 120 Å². The van der Waals surface area contributed by atoms with Gasteiger partial charge in [-0.25, -0.2) is 8.42 Å². The van der Waals surface area contributed by atoms with E-state index in [0.29, 0.717) is 26.3 Å². The molecule has 0 aromatic heterocycles. The van der Waals surface area contributed by atoms with Gasteiger partial charge in [0, 0.05) is 13.1 Å². The molecule has 0 radical (unpaired) electrons. The Hall–Kier alpha value is -0.950. The Morgan fingerprint density at radius 2 is 1.95 bits per heavy atom. The molecule has 2 rings (SSSR count). The van der Waals surface area contributed by atoms with Crippen LogP contribution in [0.2, 0.25) is 0 Å². The van der Waals surface area contributed by atoms with E-state index in [1.165, 1.54) is 0 Å². The monoisotopic (exact) mass is 298 g/mol. The van der Waals surface area contributed by atoms with Crippen molar-refractivity contribution in [3.05, 3.63) is 35.4 Å². The van der Waals surface area contributed by atoms with Crippen LogP contribution in [0.4, 0.5) is 0 Å². The van der Waals surface area contributed by atoms with Crippen molar-refractivity contribution in [3.63, 3.8) is 0 Å². The standard InChI is InChI=1S/C14H22N2O3S/c1-14(2)11-19-8-7-16(14)20(17,18)10-13-6-4-3-5-12(13)9-15/h3-6H,7-11,15H2,1-2H3. The molecule has 1 saturated heterocycles. The fourth-order valence-electron chi connectivity index (χ4n) is 2.53. The van der Waals surface area contributed by atoms with Crippen LogP contribution in [-0.2, 0) is 27.1 Å². The van der Waals surface area contributed by atoms with Crippen molar-refractivity contribution < 1.29 is 13.2 Å². The number of hydrogen-bond donors (Lipinski definition) is 1. The third-order valence-corrected chi connectivity index (χ3v) is 5.61. The molecule has 6 heteroatoms. The van der Waals surface area contributed by atoms with Crippen molar-refractivity contribution in [2.75, 3.05) is 19.8 Å². The Balaban J connectivity index is 2.27. The molecule has 1 aliphatic rings. The maximum absolute atomic E-state index is 12.7. The molecule has 1 aromatic rings. The van der Waals surface area contributed by atoms with Crippen molar-refractivity contribution in [1.29, 1.82) is 0 Å². The lowest BCUT2D eigenvalue weighted by atomic mass is 10.1. The number of nitrogens with zero attached hydrogens (tertiary/aromatic N) is 1. The van der Waals surface area contributed by atoms with Gasteiger partial charge in [0.25, 0.3) is 0 Å². The summed E-state index contributed by atoms with van der Waals surface area (Å²) >= 11 is 0. The molecular formula is C14H22N2O3S. The molecule has 1 aromatic carbocycles. The van der Waals surface area contributed by atoms with Crippen LogP contribution in [0.25, 0.3) is 0 Å². The van der Waals surface area contributed by atoms with Gasteiger partial charge in [-0.2, -0.15) is 4.31 Å². The van der Waals surface area contributed by atoms with Gasteiger partial charge in [-0.15, -0.1) is 0 Å². The lowest BCUT2D eigenvalue weighted by Gasteiger charge is -2.40. The summed E-state index contributed by atoms with van der Waals surface area (Å²) in [6.45, 7) is 5.39. The Morgan fingerprint density at radius 1 is 1.30 bits per heavy atom. The first-order valence-corrected chi connectivity index (χ1v) is 8.33. The van der Waals surface area contributed by atoms with Crippen LogP contribution in [0, 0.1) is 0 Å². The van der Waals surface area contributed by atoms with E-state index in [2.05, 4.69) is 0 Å². The number of nitrogens with two attached hydrogens (primary N) is 1. The van der Waals surface area contributed by atoms with Crippen LogP contribution < -0.4 is 5.73 Å². The smallest absolute Gasteiger partial charge is 0.218 e. The van der Waals surface area contributed by atoms with Crippen molar-refractivity contribution in [2.24, 2.45) is 5.73 Å². The molecule has 1 aliphatic heterocycles. The lowest BCUT2D eigenvalue weighted by molar-refractivity contribution is -0.00778. The minimum atomic E-state index is -3.38. The molecule has 0 aliphatic carbocycles. The number of ether oxygens (including phenoxy) is 1. The number of hydrogen-bond acceptors (Lipinski definition) is 4. The minimum absolute atomic E-state index is 0.0101. The van der Waals surface area contributed by atoms with E-state index in [9.17, 15) is 8.42 Å². The summed E-state index contributed by atoms with van der Waals surface area (Å²) in [4.78, 5) is 0. The first kappa shape index (κ1) is 15.4. The van der Waals surface area contributed by atoms with Crippen molar-refractivity contribution in [3.8, 4) is 0 Å². The van der Waals surface area contributed by atoms with Gasteiger partial charge in [-0.3, -0.25) is 0 Å². The highest BCUT2D eigenvalue weighted by Crippen LogP contribution is 2.25. The lowest BCUT2D eigenvalue weighted by Crippen LogP contribution is -2.55. The summed E-state index contributed by atoms with van der Waals surface area (Å²) in [6.07, 6.45) is 0. The summed E-state index contributed by atoms with van der Waals surface area (Å²) in [6, 6.07) is 7.41. The van der Waals surface area contributed by atoms with Crippen LogP contribution in [0.1, 0.15) is 25.0 Å². The van der Waals surface area contributed by atoms with E-state index in [1.807, 2.05) is 38.1 Å². The normalized spacial score (nSPS) is 19.9. The highest BCUT2D eigenvalue weighted by atomic mass is 32.2. The number of benzene rings is 1. The third-order valence-electron chi connectivity index (χ3n) is 3.58. The predicted molar refractivity (Wildman–Crippen MR) is 78.6 cm³/mol. The molecule has 20 heavy (non-hydrogen) atoms. The van der Waals surface area contributed by atoms with Crippen molar-refractivity contribution in [2.45, 2.75) is 31.7 Å². The first-order chi connectivity index (χ1) is 9.37. The molecule has 1 heterocycles. The van der Waals surface area contributed by atoms with Crippen LogP contribution in [0.15, 0.2) is 24.3 Å². The van der Waals surface area contributed by atoms with Crippen LogP contribution in [0.3, 0.4) is 0 Å². The molecule has 1 fully saturated rings. The second-order valence-corrected chi connectivity index (χ2v) is 7.56. The Bertz CT molecular complexity index is 570. The molecule has 0 bridgehead atoms. The van der Waals surface area contributed by atoms with Gasteiger partial charge in [0.2, 0.25) is 10.0 Å². The van der Waals surface area contributed by atoms with Crippen LogP contribution in [-0.4, -0.2) is 38.0 Å². The number of morpholine rings is 1. The highest BCUT2D eigenvalue weighted by molar-refractivity contribution is 7.88. The van der Waals surface area contributed by atoms with E-state index in [0.717, 1.165) is 11.1 Å². The molecule has 0 unspecified atom stereocenters. The van der Waals surface area contributed by atoms with Crippen molar-refractivity contribution in [1.82, 2.24) is 4.31 Å². The molecule has 0 amide bonds. The van der Waals surface area contributed by atoms with Crippen molar-refractivity contribution >= 4 is 10.0 Å². The van der Waals surface area contributed by atoms with Gasteiger partial charge in [-0.1, -0.05) is 24.3 Å². The average molecular weight is 298 g/mol. The second-order valence-electron chi connectivity index (χ2n) is 5.67. The zero-order valence-electron chi connectivity index (χ0n) is 12.0. The molecule has 5 nitrogen and oxygen atoms in total. The fraction of sp³-hybridized carbons (Fsp3) is 0.571. The summed E-state index contributed by atoms with van der Waals surface area (Å²) in [5.41, 5.74) is 6.82. The van der Waals surface area contributed by atoms with Gasteiger partial charge in [0.1, 0.15) is 0 Å². The molecule has 0 saturated carbocycles. The molecule has 112 valence electrons. The Morgan fingerprint density at radius 3 is 2.55 bits per heavy atom. The zero-order chi connectivity index (χ0) is 14.8. The minimum Gasteiger partial charge on any atom is -0.378 e. The van der Waals surface area contributed by atoms with E-state index in [1.54, 1.807) is 4.31 Å². The van der Waals surface area contributed by atoms with Gasteiger partial charge in [0.15, 0.2) is 0 Å².